The van der Waals surface area contributed by atoms with Gasteiger partial charge in [0.25, 0.3) is 23.2 Å². The number of benzene rings is 2. The Morgan fingerprint density at radius 2 is 1.17 bits per heavy atom. The molecular formula is C20H20N4O6. The van der Waals surface area contributed by atoms with Crippen LogP contribution in [0.3, 0.4) is 0 Å². The average Bonchev–Trinajstić information content (AvgIpc) is 2.75. The van der Waals surface area contributed by atoms with Gasteiger partial charge in [-0.1, -0.05) is 25.0 Å². The highest BCUT2D eigenvalue weighted by atomic mass is 16.6. The van der Waals surface area contributed by atoms with Crippen LogP contribution in [-0.4, -0.2) is 33.7 Å². The molecule has 10 nitrogen and oxygen atoms in total. The molecule has 0 spiro atoms. The number of carbonyl (C=O) groups excluding carboxylic acids is 2. The summed E-state index contributed by atoms with van der Waals surface area (Å²) < 4.78 is 0. The summed E-state index contributed by atoms with van der Waals surface area (Å²) in [6.07, 6.45) is 3.01. The summed E-state index contributed by atoms with van der Waals surface area (Å²) in [6, 6.07) is 10.2. The zero-order chi connectivity index (χ0) is 21.7. The third-order valence-electron chi connectivity index (χ3n) is 5.04. The Morgan fingerprint density at radius 1 is 0.767 bits per heavy atom. The first-order valence-corrected chi connectivity index (χ1v) is 9.46. The van der Waals surface area contributed by atoms with Gasteiger partial charge in [-0.15, -0.1) is 0 Å². The van der Waals surface area contributed by atoms with Crippen LogP contribution in [0.15, 0.2) is 48.5 Å². The van der Waals surface area contributed by atoms with Crippen LogP contribution in [0, 0.1) is 20.2 Å². The van der Waals surface area contributed by atoms with Crippen molar-refractivity contribution >= 4 is 23.2 Å². The van der Waals surface area contributed by atoms with Crippen LogP contribution in [0.25, 0.3) is 0 Å². The predicted octanol–water partition coefficient (Wildman–Crippen LogP) is 2.97. The van der Waals surface area contributed by atoms with Crippen molar-refractivity contribution in [1.29, 1.82) is 0 Å². The Kier molecular flexibility index (Phi) is 6.35. The second-order valence-corrected chi connectivity index (χ2v) is 7.06. The van der Waals surface area contributed by atoms with Gasteiger partial charge in [-0.25, -0.2) is 0 Å². The molecular weight excluding hydrogens is 392 g/mol. The molecule has 1 saturated carbocycles. The Balaban J connectivity index is 1.70. The standard InChI is InChI=1S/C20H20N4O6/c25-19(13-5-3-7-15(11-13)23(27)28)21-17-9-1-2-10-18(17)22-20(26)14-6-4-8-16(12-14)24(29)30/h3-8,11-12,17-18H,1-2,9-10H2,(H,21,25)(H,22,26). The Morgan fingerprint density at radius 3 is 1.53 bits per heavy atom. The summed E-state index contributed by atoms with van der Waals surface area (Å²) in [7, 11) is 0. The molecule has 2 atom stereocenters. The molecule has 0 radical (unpaired) electrons. The maximum atomic E-state index is 12.6. The summed E-state index contributed by atoms with van der Waals surface area (Å²) in [5, 5.41) is 27.6. The lowest BCUT2D eigenvalue weighted by atomic mass is 9.89. The number of rotatable bonds is 6. The first-order chi connectivity index (χ1) is 14.3. The van der Waals surface area contributed by atoms with Crippen molar-refractivity contribution in [1.82, 2.24) is 10.6 Å². The van der Waals surface area contributed by atoms with Gasteiger partial charge in [0.05, 0.1) is 9.85 Å². The maximum absolute atomic E-state index is 12.6. The van der Waals surface area contributed by atoms with Crippen LogP contribution < -0.4 is 10.6 Å². The Hall–Kier alpha value is -3.82. The highest BCUT2D eigenvalue weighted by molar-refractivity contribution is 5.96. The topological polar surface area (TPSA) is 144 Å². The van der Waals surface area contributed by atoms with Gasteiger partial charge in [0.2, 0.25) is 0 Å². The quantitative estimate of drug-likeness (QED) is 0.551. The van der Waals surface area contributed by atoms with Crippen molar-refractivity contribution in [3.63, 3.8) is 0 Å². The number of non-ortho nitro benzene ring substituents is 2. The lowest BCUT2D eigenvalue weighted by Crippen LogP contribution is -2.53. The average molecular weight is 412 g/mol. The van der Waals surface area contributed by atoms with E-state index in [0.29, 0.717) is 12.8 Å². The van der Waals surface area contributed by atoms with Gasteiger partial charge in [0.1, 0.15) is 0 Å². The lowest BCUT2D eigenvalue weighted by molar-refractivity contribution is -0.385. The number of nitro groups is 2. The van der Waals surface area contributed by atoms with E-state index < -0.39 is 21.7 Å². The highest BCUT2D eigenvalue weighted by Gasteiger charge is 2.29. The normalized spacial score (nSPS) is 18.3. The van der Waals surface area contributed by atoms with E-state index in [4.69, 9.17) is 0 Å². The largest absolute Gasteiger partial charge is 0.347 e. The summed E-state index contributed by atoms with van der Waals surface area (Å²) in [4.78, 5) is 45.9. The molecule has 156 valence electrons. The van der Waals surface area contributed by atoms with Crippen molar-refractivity contribution in [2.24, 2.45) is 0 Å². The SMILES string of the molecule is O=C(NC1CCCCC1NC(=O)c1cccc([N+](=O)[O-])c1)c1cccc([N+](=O)[O-])c1. The molecule has 2 amide bonds. The monoisotopic (exact) mass is 412 g/mol. The number of amides is 2. The van der Waals surface area contributed by atoms with E-state index in [0.717, 1.165) is 12.8 Å². The number of hydrogen-bond acceptors (Lipinski definition) is 6. The van der Waals surface area contributed by atoms with E-state index in [2.05, 4.69) is 10.6 Å². The fourth-order valence-corrected chi connectivity index (χ4v) is 3.50. The van der Waals surface area contributed by atoms with Crippen molar-refractivity contribution < 1.29 is 19.4 Å². The fraction of sp³-hybridized carbons (Fsp3) is 0.300. The molecule has 2 aromatic carbocycles. The second kappa shape index (κ2) is 9.12. The summed E-state index contributed by atoms with van der Waals surface area (Å²) in [5.41, 5.74) is -0.0271. The lowest BCUT2D eigenvalue weighted by Gasteiger charge is -2.32. The number of nitro benzene ring substituents is 2. The number of nitrogens with one attached hydrogen (secondary N) is 2. The molecule has 1 fully saturated rings. The van der Waals surface area contributed by atoms with Gasteiger partial charge in [-0.2, -0.15) is 0 Å². The third kappa shape index (κ3) is 4.96. The molecule has 0 aromatic heterocycles. The van der Waals surface area contributed by atoms with E-state index in [-0.39, 0.29) is 34.6 Å². The second-order valence-electron chi connectivity index (χ2n) is 7.06. The van der Waals surface area contributed by atoms with Crippen LogP contribution in [0.4, 0.5) is 11.4 Å². The highest BCUT2D eigenvalue weighted by Crippen LogP contribution is 2.21. The molecule has 0 saturated heterocycles. The van der Waals surface area contributed by atoms with Gasteiger partial charge >= 0.3 is 0 Å². The summed E-state index contributed by atoms with van der Waals surface area (Å²) >= 11 is 0. The van der Waals surface area contributed by atoms with Crippen molar-refractivity contribution in [2.45, 2.75) is 37.8 Å². The van der Waals surface area contributed by atoms with Crippen molar-refractivity contribution in [3.05, 3.63) is 79.9 Å². The minimum absolute atomic E-state index is 0.165. The molecule has 10 heteroatoms. The molecule has 2 N–H and O–H groups in total. The number of hydrogen-bond donors (Lipinski definition) is 2. The molecule has 3 rings (SSSR count). The maximum Gasteiger partial charge on any atom is 0.270 e. The summed E-state index contributed by atoms with van der Waals surface area (Å²) in [6.45, 7) is 0. The van der Waals surface area contributed by atoms with Gasteiger partial charge in [-0.3, -0.25) is 29.8 Å². The van der Waals surface area contributed by atoms with E-state index in [1.165, 1.54) is 48.5 Å². The van der Waals surface area contributed by atoms with Gasteiger partial charge in [0.15, 0.2) is 0 Å². The molecule has 30 heavy (non-hydrogen) atoms. The van der Waals surface area contributed by atoms with Crippen LogP contribution in [0.1, 0.15) is 46.4 Å². The minimum atomic E-state index is -0.570. The Labute approximate surface area is 171 Å². The number of nitrogens with zero attached hydrogens (tertiary/aromatic N) is 2. The smallest absolute Gasteiger partial charge is 0.270 e. The van der Waals surface area contributed by atoms with E-state index in [9.17, 15) is 29.8 Å². The predicted molar refractivity (Wildman–Crippen MR) is 107 cm³/mol. The third-order valence-corrected chi connectivity index (χ3v) is 5.04. The molecule has 0 heterocycles. The van der Waals surface area contributed by atoms with Crippen LogP contribution in [0.2, 0.25) is 0 Å². The molecule has 1 aliphatic rings. The van der Waals surface area contributed by atoms with Crippen LogP contribution in [0.5, 0.6) is 0 Å². The number of carbonyl (C=O) groups is 2. The van der Waals surface area contributed by atoms with Crippen molar-refractivity contribution in [3.8, 4) is 0 Å². The van der Waals surface area contributed by atoms with Gasteiger partial charge in [-0.05, 0) is 25.0 Å². The summed E-state index contributed by atoms with van der Waals surface area (Å²) in [5.74, 6) is -0.916. The molecule has 0 aliphatic heterocycles. The van der Waals surface area contributed by atoms with Crippen LogP contribution >= 0.6 is 0 Å². The minimum Gasteiger partial charge on any atom is -0.347 e. The molecule has 0 bridgehead atoms. The van der Waals surface area contributed by atoms with E-state index in [1.807, 2.05) is 0 Å². The zero-order valence-corrected chi connectivity index (χ0v) is 15.9. The van der Waals surface area contributed by atoms with E-state index >= 15 is 0 Å². The van der Waals surface area contributed by atoms with E-state index in [1.54, 1.807) is 0 Å². The molecule has 2 aromatic rings. The molecule has 2 unspecified atom stereocenters. The first-order valence-electron chi connectivity index (χ1n) is 9.46. The van der Waals surface area contributed by atoms with Crippen molar-refractivity contribution in [2.75, 3.05) is 0 Å². The van der Waals surface area contributed by atoms with Gasteiger partial charge in [0, 0.05) is 47.5 Å². The first kappa shape index (κ1) is 20.9. The van der Waals surface area contributed by atoms with Crippen LogP contribution in [-0.2, 0) is 0 Å². The van der Waals surface area contributed by atoms with Gasteiger partial charge < -0.3 is 10.6 Å². The Bertz CT molecular complexity index is 913. The molecule has 1 aliphatic carbocycles. The zero-order valence-electron chi connectivity index (χ0n) is 15.9. The fourth-order valence-electron chi connectivity index (χ4n) is 3.50.